The number of nitrogens with zero attached hydrogens (tertiary/aromatic N) is 2. The van der Waals surface area contributed by atoms with Crippen molar-refractivity contribution in [2.75, 3.05) is 0 Å². The lowest BCUT2D eigenvalue weighted by Crippen LogP contribution is -2.21. The molecule has 0 aliphatic heterocycles. The van der Waals surface area contributed by atoms with Crippen molar-refractivity contribution in [3.05, 3.63) is 34.9 Å². The smallest absolute Gasteiger partial charge is 0.208 e. The van der Waals surface area contributed by atoms with Gasteiger partial charge in [0.05, 0.1) is 18.4 Å². The van der Waals surface area contributed by atoms with Crippen molar-refractivity contribution in [2.24, 2.45) is 0 Å². The first-order valence-electron chi connectivity index (χ1n) is 6.19. The fourth-order valence-corrected chi connectivity index (χ4v) is 2.13. The average molecular weight is 249 g/mol. The molecule has 0 spiro atoms. The predicted molar refractivity (Wildman–Crippen MR) is 67.1 cm³/mol. The van der Waals surface area contributed by atoms with Gasteiger partial charge in [0.15, 0.2) is 0 Å². The quantitative estimate of drug-likeness (QED) is 0.882. The lowest BCUT2D eigenvalue weighted by Gasteiger charge is -2.15. The van der Waals surface area contributed by atoms with Crippen LogP contribution in [0.2, 0.25) is 0 Å². The normalized spacial score (nSPS) is 12.9. The molecule has 2 rings (SSSR count). The van der Waals surface area contributed by atoms with Gasteiger partial charge in [0, 0.05) is 11.6 Å². The van der Waals surface area contributed by atoms with E-state index in [1.807, 2.05) is 20.8 Å². The maximum absolute atomic E-state index is 5.44. The molecule has 0 amide bonds. The van der Waals surface area contributed by atoms with E-state index in [1.165, 1.54) is 0 Å². The molecule has 5 heteroatoms. The third-order valence-electron chi connectivity index (χ3n) is 3.01. The van der Waals surface area contributed by atoms with Crippen molar-refractivity contribution in [1.29, 1.82) is 0 Å². The van der Waals surface area contributed by atoms with Crippen molar-refractivity contribution in [3.63, 3.8) is 0 Å². The van der Waals surface area contributed by atoms with E-state index in [2.05, 4.69) is 22.4 Å². The molecule has 0 radical (unpaired) electrons. The van der Waals surface area contributed by atoms with Crippen LogP contribution in [0.4, 0.5) is 0 Å². The van der Waals surface area contributed by atoms with E-state index in [-0.39, 0.29) is 6.04 Å². The Kier molecular flexibility index (Phi) is 3.81. The zero-order valence-electron chi connectivity index (χ0n) is 11.3. The molecule has 2 aromatic heterocycles. The van der Waals surface area contributed by atoms with Crippen molar-refractivity contribution in [3.8, 4) is 0 Å². The fraction of sp³-hybridized carbons (Fsp3) is 0.538. The maximum Gasteiger partial charge on any atom is 0.208 e. The topological polar surface area (TPSA) is 64.1 Å². The summed E-state index contributed by atoms with van der Waals surface area (Å²) in [5, 5.41) is 7.42. The minimum atomic E-state index is 0.212. The van der Waals surface area contributed by atoms with Crippen LogP contribution in [-0.2, 0) is 6.54 Å². The van der Waals surface area contributed by atoms with Crippen molar-refractivity contribution in [2.45, 2.75) is 46.7 Å². The highest BCUT2D eigenvalue weighted by atomic mass is 16.5. The molecule has 0 saturated heterocycles. The number of nitrogens with one attached hydrogen (secondary N) is 1. The second kappa shape index (κ2) is 5.35. The van der Waals surface area contributed by atoms with E-state index in [4.69, 9.17) is 8.94 Å². The van der Waals surface area contributed by atoms with E-state index >= 15 is 0 Å². The molecule has 0 aliphatic rings. The van der Waals surface area contributed by atoms with Gasteiger partial charge in [-0.05, 0) is 27.2 Å². The molecule has 0 unspecified atom stereocenters. The molecule has 0 bridgehead atoms. The molecular formula is C13H19N3O2. The largest absolute Gasteiger partial charge is 0.445 e. The summed E-state index contributed by atoms with van der Waals surface area (Å²) >= 11 is 0. The van der Waals surface area contributed by atoms with Gasteiger partial charge in [-0.1, -0.05) is 12.1 Å². The summed E-state index contributed by atoms with van der Waals surface area (Å²) < 4.78 is 10.6. The molecule has 0 saturated carbocycles. The monoisotopic (exact) mass is 249 g/mol. The molecule has 98 valence electrons. The van der Waals surface area contributed by atoms with E-state index in [1.54, 1.807) is 6.20 Å². The van der Waals surface area contributed by atoms with Crippen LogP contribution in [0.5, 0.6) is 0 Å². The van der Waals surface area contributed by atoms with Gasteiger partial charge >= 0.3 is 0 Å². The van der Waals surface area contributed by atoms with E-state index in [9.17, 15) is 0 Å². The second-order valence-corrected chi connectivity index (χ2v) is 4.44. The highest BCUT2D eigenvalue weighted by Gasteiger charge is 2.19. The summed E-state index contributed by atoms with van der Waals surface area (Å²) in [4.78, 5) is 4.18. The Morgan fingerprint density at radius 2 is 2.11 bits per heavy atom. The minimum Gasteiger partial charge on any atom is -0.445 e. The predicted octanol–water partition coefficient (Wildman–Crippen LogP) is 2.83. The van der Waals surface area contributed by atoms with E-state index in [0.717, 1.165) is 29.2 Å². The summed E-state index contributed by atoms with van der Waals surface area (Å²) in [5.74, 6) is 2.41. The molecule has 1 atom stereocenters. The SMILES string of the molecule is CC[C@H](NCc1ncc(C)o1)c1c(C)noc1C. The Balaban J connectivity index is 2.06. The van der Waals surface area contributed by atoms with Gasteiger partial charge < -0.3 is 14.3 Å². The minimum absolute atomic E-state index is 0.212. The third kappa shape index (κ3) is 2.61. The Hall–Kier alpha value is -1.62. The molecule has 0 fully saturated rings. The van der Waals surface area contributed by atoms with Crippen LogP contribution in [0.3, 0.4) is 0 Å². The van der Waals surface area contributed by atoms with Gasteiger partial charge in [-0.15, -0.1) is 0 Å². The van der Waals surface area contributed by atoms with Crippen LogP contribution < -0.4 is 5.32 Å². The molecule has 0 aliphatic carbocycles. The highest BCUT2D eigenvalue weighted by Crippen LogP contribution is 2.24. The first kappa shape index (κ1) is 12.8. The Morgan fingerprint density at radius 3 is 2.61 bits per heavy atom. The summed E-state index contributed by atoms with van der Waals surface area (Å²) in [6.07, 6.45) is 2.69. The first-order valence-corrected chi connectivity index (χ1v) is 6.19. The average Bonchev–Trinajstić information content (AvgIpc) is 2.89. The van der Waals surface area contributed by atoms with E-state index in [0.29, 0.717) is 12.4 Å². The van der Waals surface area contributed by atoms with Gasteiger partial charge in [-0.3, -0.25) is 0 Å². The second-order valence-electron chi connectivity index (χ2n) is 4.44. The number of aryl methyl sites for hydroxylation is 3. The molecule has 2 aromatic rings. The van der Waals surface area contributed by atoms with Crippen molar-refractivity contribution < 1.29 is 8.94 Å². The van der Waals surface area contributed by atoms with Gasteiger partial charge in [0.25, 0.3) is 0 Å². The van der Waals surface area contributed by atoms with Gasteiger partial charge in [-0.25, -0.2) is 4.98 Å². The zero-order chi connectivity index (χ0) is 13.1. The number of rotatable bonds is 5. The molecule has 2 heterocycles. The number of aromatic nitrogens is 2. The fourth-order valence-electron chi connectivity index (χ4n) is 2.13. The molecule has 0 aromatic carbocycles. The maximum atomic E-state index is 5.44. The summed E-state index contributed by atoms with van der Waals surface area (Å²) in [6, 6.07) is 0.212. The van der Waals surface area contributed by atoms with Crippen LogP contribution in [-0.4, -0.2) is 10.1 Å². The van der Waals surface area contributed by atoms with Crippen LogP contribution in [0.15, 0.2) is 15.1 Å². The van der Waals surface area contributed by atoms with Gasteiger partial charge in [0.1, 0.15) is 11.5 Å². The van der Waals surface area contributed by atoms with Crippen LogP contribution >= 0.6 is 0 Å². The number of hydrogen-bond donors (Lipinski definition) is 1. The summed E-state index contributed by atoms with van der Waals surface area (Å²) in [7, 11) is 0. The standard InChI is InChI=1S/C13H19N3O2/c1-5-11(13-9(3)16-18-10(13)4)14-7-12-15-6-8(2)17-12/h6,11,14H,5,7H2,1-4H3/t11-/m0/s1. The summed E-state index contributed by atoms with van der Waals surface area (Å²) in [6.45, 7) is 8.53. The first-order chi connectivity index (χ1) is 8.61. The van der Waals surface area contributed by atoms with Crippen molar-refractivity contribution >= 4 is 0 Å². The molecule has 5 nitrogen and oxygen atoms in total. The molecule has 18 heavy (non-hydrogen) atoms. The van der Waals surface area contributed by atoms with Crippen molar-refractivity contribution in [1.82, 2.24) is 15.5 Å². The van der Waals surface area contributed by atoms with Gasteiger partial charge in [-0.2, -0.15) is 0 Å². The van der Waals surface area contributed by atoms with Crippen LogP contribution in [0.25, 0.3) is 0 Å². The zero-order valence-corrected chi connectivity index (χ0v) is 11.3. The third-order valence-corrected chi connectivity index (χ3v) is 3.01. The Labute approximate surface area is 107 Å². The number of oxazole rings is 1. The lowest BCUT2D eigenvalue weighted by atomic mass is 10.0. The lowest BCUT2D eigenvalue weighted by molar-refractivity contribution is 0.386. The van der Waals surface area contributed by atoms with Gasteiger partial charge in [0.2, 0.25) is 5.89 Å². The Bertz CT molecular complexity index is 497. The number of hydrogen-bond acceptors (Lipinski definition) is 5. The summed E-state index contributed by atoms with van der Waals surface area (Å²) in [5.41, 5.74) is 2.08. The van der Waals surface area contributed by atoms with Crippen LogP contribution in [0.1, 0.15) is 48.1 Å². The van der Waals surface area contributed by atoms with E-state index < -0.39 is 0 Å². The highest BCUT2D eigenvalue weighted by molar-refractivity contribution is 5.24. The Morgan fingerprint density at radius 1 is 1.33 bits per heavy atom. The molecular weight excluding hydrogens is 230 g/mol. The molecule has 1 N–H and O–H groups in total. The van der Waals surface area contributed by atoms with Crippen LogP contribution in [0, 0.1) is 20.8 Å².